The summed E-state index contributed by atoms with van der Waals surface area (Å²) >= 11 is 0. The van der Waals surface area contributed by atoms with E-state index in [2.05, 4.69) is 40.5 Å². The Morgan fingerprint density at radius 2 is 2.00 bits per heavy atom. The fourth-order valence-electron chi connectivity index (χ4n) is 2.93. The molecule has 0 spiro atoms. The van der Waals surface area contributed by atoms with Crippen LogP contribution in [0.15, 0.2) is 12.1 Å². The summed E-state index contributed by atoms with van der Waals surface area (Å²) < 4.78 is 0. The topological polar surface area (TPSA) is 75.9 Å². The first-order valence-electron chi connectivity index (χ1n) is 7.63. The summed E-state index contributed by atoms with van der Waals surface area (Å²) in [5.41, 5.74) is 9.43. The van der Waals surface area contributed by atoms with Crippen molar-refractivity contribution in [1.29, 1.82) is 0 Å². The van der Waals surface area contributed by atoms with Crippen LogP contribution in [0.2, 0.25) is 0 Å². The van der Waals surface area contributed by atoms with E-state index in [1.54, 1.807) is 0 Å². The quantitative estimate of drug-likeness (QED) is 0.806. The van der Waals surface area contributed by atoms with Crippen LogP contribution in [0.1, 0.15) is 24.0 Å². The molecular formula is C16H23N5. The number of piperidine rings is 1. The van der Waals surface area contributed by atoms with Gasteiger partial charge in [-0.05, 0) is 62.9 Å². The van der Waals surface area contributed by atoms with E-state index in [9.17, 15) is 0 Å². The van der Waals surface area contributed by atoms with Crippen molar-refractivity contribution in [2.75, 3.05) is 30.7 Å². The van der Waals surface area contributed by atoms with Crippen molar-refractivity contribution in [1.82, 2.24) is 15.3 Å². The third-order valence-corrected chi connectivity index (χ3v) is 4.43. The summed E-state index contributed by atoms with van der Waals surface area (Å²) in [5, 5.41) is 7.70. The molecule has 3 rings (SSSR count). The van der Waals surface area contributed by atoms with Crippen molar-refractivity contribution >= 4 is 22.7 Å². The fourth-order valence-corrected chi connectivity index (χ4v) is 2.93. The summed E-state index contributed by atoms with van der Waals surface area (Å²) in [6.07, 6.45) is 2.41. The van der Waals surface area contributed by atoms with Crippen LogP contribution in [0.25, 0.3) is 10.9 Å². The number of benzene rings is 1. The SMILES string of the molecule is Cc1ccc2nc(NCC3CCNCC3)nc(N)c2c1C. The average molecular weight is 285 g/mol. The lowest BCUT2D eigenvalue weighted by Crippen LogP contribution is -2.31. The van der Waals surface area contributed by atoms with Crippen molar-refractivity contribution in [2.45, 2.75) is 26.7 Å². The van der Waals surface area contributed by atoms with Crippen LogP contribution >= 0.6 is 0 Å². The van der Waals surface area contributed by atoms with Gasteiger partial charge < -0.3 is 16.4 Å². The molecule has 1 aliphatic rings. The van der Waals surface area contributed by atoms with Crippen LogP contribution in [0.3, 0.4) is 0 Å². The Labute approximate surface area is 125 Å². The van der Waals surface area contributed by atoms with Gasteiger partial charge in [-0.2, -0.15) is 4.98 Å². The van der Waals surface area contributed by atoms with Crippen LogP contribution in [0.4, 0.5) is 11.8 Å². The zero-order valence-corrected chi connectivity index (χ0v) is 12.7. The highest BCUT2D eigenvalue weighted by Crippen LogP contribution is 2.25. The molecule has 112 valence electrons. The Hall–Kier alpha value is -1.88. The van der Waals surface area contributed by atoms with Crippen LogP contribution < -0.4 is 16.4 Å². The second-order valence-electron chi connectivity index (χ2n) is 5.91. The molecule has 1 aromatic heterocycles. The van der Waals surface area contributed by atoms with Gasteiger partial charge in [-0.1, -0.05) is 6.07 Å². The van der Waals surface area contributed by atoms with Gasteiger partial charge in [0.1, 0.15) is 5.82 Å². The lowest BCUT2D eigenvalue weighted by Gasteiger charge is -2.22. The van der Waals surface area contributed by atoms with Gasteiger partial charge in [-0.15, -0.1) is 0 Å². The number of anilines is 2. The third-order valence-electron chi connectivity index (χ3n) is 4.43. The predicted octanol–water partition coefficient (Wildman–Crippen LogP) is 2.24. The standard InChI is InChI=1S/C16H23N5/c1-10-3-4-13-14(11(10)2)15(17)21-16(20-13)19-9-12-5-7-18-8-6-12/h3-4,12,18H,5-9H2,1-2H3,(H3,17,19,20,21). The minimum Gasteiger partial charge on any atom is -0.383 e. The van der Waals surface area contributed by atoms with Gasteiger partial charge >= 0.3 is 0 Å². The molecule has 5 nitrogen and oxygen atoms in total. The molecule has 0 aliphatic carbocycles. The molecule has 0 amide bonds. The molecule has 2 heterocycles. The number of fused-ring (bicyclic) bond motifs is 1. The number of aryl methyl sites for hydroxylation is 2. The molecule has 0 atom stereocenters. The van der Waals surface area contributed by atoms with Gasteiger partial charge in [0.25, 0.3) is 0 Å². The highest BCUT2D eigenvalue weighted by atomic mass is 15.1. The maximum absolute atomic E-state index is 6.13. The smallest absolute Gasteiger partial charge is 0.225 e. The van der Waals surface area contributed by atoms with Gasteiger partial charge in [0.15, 0.2) is 0 Å². The largest absolute Gasteiger partial charge is 0.383 e. The van der Waals surface area contributed by atoms with Gasteiger partial charge in [-0.3, -0.25) is 0 Å². The first-order chi connectivity index (χ1) is 10.1. The van der Waals surface area contributed by atoms with Crippen LogP contribution in [0, 0.1) is 19.8 Å². The zero-order chi connectivity index (χ0) is 14.8. The predicted molar refractivity (Wildman–Crippen MR) is 87.5 cm³/mol. The van der Waals surface area contributed by atoms with Gasteiger partial charge in [-0.25, -0.2) is 4.98 Å². The molecule has 1 aromatic carbocycles. The van der Waals surface area contributed by atoms with E-state index >= 15 is 0 Å². The maximum atomic E-state index is 6.13. The first-order valence-corrected chi connectivity index (χ1v) is 7.63. The van der Waals surface area contributed by atoms with E-state index in [0.717, 1.165) is 36.1 Å². The normalized spacial score (nSPS) is 16.3. The third kappa shape index (κ3) is 2.93. The minimum absolute atomic E-state index is 0.564. The molecule has 0 saturated carbocycles. The van der Waals surface area contributed by atoms with Gasteiger partial charge in [0, 0.05) is 11.9 Å². The Morgan fingerprint density at radius 3 is 2.76 bits per heavy atom. The second-order valence-corrected chi connectivity index (χ2v) is 5.91. The Bertz CT molecular complexity index is 647. The summed E-state index contributed by atoms with van der Waals surface area (Å²) in [6.45, 7) is 7.27. The lowest BCUT2D eigenvalue weighted by molar-refractivity contribution is 0.389. The Kier molecular flexibility index (Phi) is 3.92. The monoisotopic (exact) mass is 285 g/mol. The van der Waals surface area contributed by atoms with Crippen molar-refractivity contribution in [3.63, 3.8) is 0 Å². The Morgan fingerprint density at radius 1 is 1.24 bits per heavy atom. The summed E-state index contributed by atoms with van der Waals surface area (Å²) in [7, 11) is 0. The summed E-state index contributed by atoms with van der Waals surface area (Å²) in [6, 6.07) is 4.10. The van der Waals surface area contributed by atoms with E-state index < -0.39 is 0 Å². The molecule has 2 aromatic rings. The average Bonchev–Trinajstić information content (AvgIpc) is 2.50. The lowest BCUT2D eigenvalue weighted by atomic mass is 9.98. The molecule has 21 heavy (non-hydrogen) atoms. The zero-order valence-electron chi connectivity index (χ0n) is 12.7. The van der Waals surface area contributed by atoms with Crippen molar-refractivity contribution < 1.29 is 0 Å². The van der Waals surface area contributed by atoms with E-state index in [0.29, 0.717) is 17.7 Å². The van der Waals surface area contributed by atoms with E-state index in [4.69, 9.17) is 5.73 Å². The van der Waals surface area contributed by atoms with Crippen molar-refractivity contribution in [3.05, 3.63) is 23.3 Å². The number of rotatable bonds is 3. The maximum Gasteiger partial charge on any atom is 0.225 e. The number of hydrogen-bond acceptors (Lipinski definition) is 5. The highest BCUT2D eigenvalue weighted by Gasteiger charge is 2.14. The summed E-state index contributed by atoms with van der Waals surface area (Å²) in [4.78, 5) is 9.03. The van der Waals surface area contributed by atoms with Crippen LogP contribution in [-0.2, 0) is 0 Å². The van der Waals surface area contributed by atoms with E-state index in [1.807, 2.05) is 6.07 Å². The fraction of sp³-hybridized carbons (Fsp3) is 0.500. The number of nitrogens with two attached hydrogens (primary N) is 1. The Balaban J connectivity index is 1.82. The molecule has 0 radical (unpaired) electrons. The van der Waals surface area contributed by atoms with Crippen LogP contribution in [0.5, 0.6) is 0 Å². The molecule has 4 N–H and O–H groups in total. The molecule has 5 heteroatoms. The molecule has 1 fully saturated rings. The highest BCUT2D eigenvalue weighted by molar-refractivity contribution is 5.92. The molecule has 1 aliphatic heterocycles. The number of aromatic nitrogens is 2. The first kappa shape index (κ1) is 14.1. The van der Waals surface area contributed by atoms with E-state index in [1.165, 1.54) is 18.4 Å². The molecular weight excluding hydrogens is 262 g/mol. The minimum atomic E-state index is 0.564. The molecule has 0 bridgehead atoms. The van der Waals surface area contributed by atoms with Crippen LogP contribution in [-0.4, -0.2) is 29.6 Å². The van der Waals surface area contributed by atoms with Crippen molar-refractivity contribution in [3.8, 4) is 0 Å². The van der Waals surface area contributed by atoms with Gasteiger partial charge in [0.05, 0.1) is 5.52 Å². The molecule has 1 saturated heterocycles. The number of nitrogens with one attached hydrogen (secondary N) is 2. The second kappa shape index (κ2) is 5.85. The summed E-state index contributed by atoms with van der Waals surface area (Å²) in [5.74, 6) is 1.89. The number of hydrogen-bond donors (Lipinski definition) is 3. The number of nitrogen functional groups attached to an aromatic ring is 1. The van der Waals surface area contributed by atoms with Crippen molar-refractivity contribution in [2.24, 2.45) is 5.92 Å². The van der Waals surface area contributed by atoms with E-state index in [-0.39, 0.29) is 0 Å². The van der Waals surface area contributed by atoms with Gasteiger partial charge in [0.2, 0.25) is 5.95 Å². The molecule has 0 unspecified atom stereocenters. The number of nitrogens with zero attached hydrogens (tertiary/aromatic N) is 2.